The first-order valence-corrected chi connectivity index (χ1v) is 8.39. The standard InChI is InChI=1S/C15H25N5OS.HI/c1-15(2,22-4)11-20-14(16-3)19-9-8-18-13(21)12-6-5-7-17-10-12;/h5-7,10H,8-9,11H2,1-4H3,(H,18,21)(H2,16,19,20);1H. The zero-order chi connectivity index (χ0) is 16.4. The Kier molecular flexibility index (Phi) is 11.0. The summed E-state index contributed by atoms with van der Waals surface area (Å²) in [6.07, 6.45) is 5.28. The van der Waals surface area contributed by atoms with Gasteiger partial charge in [0.15, 0.2) is 5.96 Å². The number of aromatic nitrogens is 1. The number of halogens is 1. The van der Waals surface area contributed by atoms with E-state index in [1.165, 1.54) is 0 Å². The van der Waals surface area contributed by atoms with Crippen molar-refractivity contribution in [2.75, 3.05) is 32.9 Å². The minimum Gasteiger partial charge on any atom is -0.355 e. The van der Waals surface area contributed by atoms with Crippen LogP contribution >= 0.6 is 35.7 Å². The molecular formula is C15H26IN5OS. The van der Waals surface area contributed by atoms with E-state index in [4.69, 9.17) is 0 Å². The molecule has 0 bridgehead atoms. The number of carbonyl (C=O) groups excluding carboxylic acids is 1. The molecule has 8 heteroatoms. The first kappa shape index (κ1) is 22.0. The van der Waals surface area contributed by atoms with Gasteiger partial charge in [-0.2, -0.15) is 11.8 Å². The summed E-state index contributed by atoms with van der Waals surface area (Å²) in [5.41, 5.74) is 0.562. The van der Waals surface area contributed by atoms with E-state index in [0.717, 1.165) is 12.5 Å². The molecule has 0 saturated heterocycles. The Hall–Kier alpha value is -1.03. The second-order valence-electron chi connectivity index (χ2n) is 5.31. The van der Waals surface area contributed by atoms with Crippen LogP contribution in [-0.2, 0) is 0 Å². The molecule has 1 rings (SSSR count). The van der Waals surface area contributed by atoms with Gasteiger partial charge in [-0.25, -0.2) is 0 Å². The van der Waals surface area contributed by atoms with Crippen LogP contribution in [-0.4, -0.2) is 54.5 Å². The molecule has 0 atom stereocenters. The number of hydrogen-bond donors (Lipinski definition) is 3. The molecule has 1 aromatic heterocycles. The van der Waals surface area contributed by atoms with Crippen LogP contribution in [0.4, 0.5) is 0 Å². The van der Waals surface area contributed by atoms with Crippen LogP contribution in [0.1, 0.15) is 24.2 Å². The fraction of sp³-hybridized carbons (Fsp3) is 0.533. The van der Waals surface area contributed by atoms with Gasteiger partial charge in [0, 0.05) is 43.8 Å². The zero-order valence-electron chi connectivity index (χ0n) is 14.0. The maximum absolute atomic E-state index is 11.8. The first-order valence-electron chi connectivity index (χ1n) is 7.16. The molecule has 1 aromatic rings. The van der Waals surface area contributed by atoms with Gasteiger partial charge in [0.25, 0.3) is 5.91 Å². The highest BCUT2D eigenvalue weighted by Crippen LogP contribution is 2.19. The number of nitrogens with zero attached hydrogens (tertiary/aromatic N) is 2. The molecule has 130 valence electrons. The van der Waals surface area contributed by atoms with Gasteiger partial charge in [0.2, 0.25) is 0 Å². The Bertz CT molecular complexity index is 496. The van der Waals surface area contributed by atoms with E-state index in [-0.39, 0.29) is 34.6 Å². The van der Waals surface area contributed by atoms with E-state index in [2.05, 4.69) is 46.0 Å². The van der Waals surface area contributed by atoms with Gasteiger partial charge in [-0.15, -0.1) is 24.0 Å². The quantitative estimate of drug-likeness (QED) is 0.255. The predicted octanol–water partition coefficient (Wildman–Crippen LogP) is 1.74. The van der Waals surface area contributed by atoms with Crippen molar-refractivity contribution in [1.82, 2.24) is 20.9 Å². The van der Waals surface area contributed by atoms with Crippen molar-refractivity contribution in [3.8, 4) is 0 Å². The molecular weight excluding hydrogens is 425 g/mol. The number of amides is 1. The number of thioether (sulfide) groups is 1. The maximum Gasteiger partial charge on any atom is 0.252 e. The van der Waals surface area contributed by atoms with Crippen LogP contribution in [0, 0.1) is 0 Å². The Morgan fingerprint density at radius 3 is 2.57 bits per heavy atom. The molecule has 23 heavy (non-hydrogen) atoms. The summed E-state index contributed by atoms with van der Waals surface area (Å²) in [5, 5.41) is 9.28. The topological polar surface area (TPSA) is 78.4 Å². The molecule has 0 radical (unpaired) electrons. The summed E-state index contributed by atoms with van der Waals surface area (Å²) in [5.74, 6) is 0.610. The molecule has 0 spiro atoms. The molecule has 6 nitrogen and oxygen atoms in total. The second-order valence-corrected chi connectivity index (χ2v) is 6.83. The van der Waals surface area contributed by atoms with Crippen LogP contribution < -0.4 is 16.0 Å². The number of rotatable bonds is 7. The van der Waals surface area contributed by atoms with Gasteiger partial charge < -0.3 is 16.0 Å². The number of aliphatic imine (C=N–C) groups is 1. The van der Waals surface area contributed by atoms with Crippen LogP contribution in [0.3, 0.4) is 0 Å². The van der Waals surface area contributed by atoms with Crippen molar-refractivity contribution < 1.29 is 4.79 Å². The molecule has 0 saturated carbocycles. The fourth-order valence-electron chi connectivity index (χ4n) is 1.55. The van der Waals surface area contributed by atoms with E-state index in [1.807, 2.05) is 0 Å². The van der Waals surface area contributed by atoms with Gasteiger partial charge in [0.1, 0.15) is 0 Å². The van der Waals surface area contributed by atoms with Crippen molar-refractivity contribution in [1.29, 1.82) is 0 Å². The lowest BCUT2D eigenvalue weighted by Crippen LogP contribution is -2.45. The van der Waals surface area contributed by atoms with Crippen molar-refractivity contribution in [3.05, 3.63) is 30.1 Å². The van der Waals surface area contributed by atoms with E-state index < -0.39 is 0 Å². The average molecular weight is 451 g/mol. The number of hydrogen-bond acceptors (Lipinski definition) is 4. The molecule has 0 aliphatic rings. The molecule has 3 N–H and O–H groups in total. The normalized spacial score (nSPS) is 11.4. The summed E-state index contributed by atoms with van der Waals surface area (Å²) >= 11 is 1.80. The van der Waals surface area contributed by atoms with Crippen LogP contribution in [0.15, 0.2) is 29.5 Å². The lowest BCUT2D eigenvalue weighted by atomic mass is 10.2. The third-order valence-corrected chi connectivity index (χ3v) is 4.33. The fourth-order valence-corrected chi connectivity index (χ4v) is 1.76. The Balaban J connectivity index is 0.00000484. The van der Waals surface area contributed by atoms with E-state index in [0.29, 0.717) is 18.7 Å². The van der Waals surface area contributed by atoms with Crippen LogP contribution in [0.25, 0.3) is 0 Å². The third kappa shape index (κ3) is 8.99. The summed E-state index contributed by atoms with van der Waals surface area (Å²) in [7, 11) is 1.73. The summed E-state index contributed by atoms with van der Waals surface area (Å²) in [6, 6.07) is 3.48. The van der Waals surface area contributed by atoms with E-state index >= 15 is 0 Å². The molecule has 0 aliphatic heterocycles. The molecule has 1 amide bonds. The third-order valence-electron chi connectivity index (χ3n) is 3.08. The molecule has 0 unspecified atom stereocenters. The molecule has 0 aliphatic carbocycles. The lowest BCUT2D eigenvalue weighted by Gasteiger charge is -2.23. The molecule has 0 fully saturated rings. The highest BCUT2D eigenvalue weighted by molar-refractivity contribution is 14.0. The average Bonchev–Trinajstić information content (AvgIpc) is 2.54. The Morgan fingerprint density at radius 2 is 2.00 bits per heavy atom. The minimum absolute atomic E-state index is 0. The number of guanidine groups is 1. The number of nitrogens with one attached hydrogen (secondary N) is 3. The van der Waals surface area contributed by atoms with E-state index in [1.54, 1.807) is 43.3 Å². The van der Waals surface area contributed by atoms with Gasteiger partial charge in [-0.3, -0.25) is 14.8 Å². The van der Waals surface area contributed by atoms with Gasteiger partial charge in [-0.05, 0) is 32.2 Å². The summed E-state index contributed by atoms with van der Waals surface area (Å²) < 4.78 is 0.145. The summed E-state index contributed by atoms with van der Waals surface area (Å²) in [4.78, 5) is 19.9. The van der Waals surface area contributed by atoms with Gasteiger partial charge >= 0.3 is 0 Å². The molecule has 1 heterocycles. The van der Waals surface area contributed by atoms with Crippen molar-refractivity contribution >= 4 is 47.6 Å². The Morgan fingerprint density at radius 1 is 1.30 bits per heavy atom. The smallest absolute Gasteiger partial charge is 0.252 e. The highest BCUT2D eigenvalue weighted by atomic mass is 127. The van der Waals surface area contributed by atoms with Crippen LogP contribution in [0.5, 0.6) is 0 Å². The van der Waals surface area contributed by atoms with Crippen LogP contribution in [0.2, 0.25) is 0 Å². The first-order chi connectivity index (χ1) is 10.5. The molecule has 0 aromatic carbocycles. The van der Waals surface area contributed by atoms with Crippen molar-refractivity contribution in [3.63, 3.8) is 0 Å². The highest BCUT2D eigenvalue weighted by Gasteiger charge is 2.15. The van der Waals surface area contributed by atoms with Crippen molar-refractivity contribution in [2.24, 2.45) is 4.99 Å². The monoisotopic (exact) mass is 451 g/mol. The second kappa shape index (κ2) is 11.5. The van der Waals surface area contributed by atoms with Gasteiger partial charge in [-0.1, -0.05) is 0 Å². The minimum atomic E-state index is -0.124. The predicted molar refractivity (Wildman–Crippen MR) is 109 cm³/mol. The Labute approximate surface area is 159 Å². The van der Waals surface area contributed by atoms with Crippen molar-refractivity contribution in [2.45, 2.75) is 18.6 Å². The van der Waals surface area contributed by atoms with Gasteiger partial charge in [0.05, 0.1) is 5.56 Å². The lowest BCUT2D eigenvalue weighted by molar-refractivity contribution is 0.0954. The number of pyridine rings is 1. The zero-order valence-corrected chi connectivity index (χ0v) is 17.2. The largest absolute Gasteiger partial charge is 0.355 e. The SMILES string of the molecule is CN=C(NCCNC(=O)c1cccnc1)NCC(C)(C)SC.I. The number of carbonyl (C=O) groups is 1. The summed E-state index contributed by atoms with van der Waals surface area (Å²) in [6.45, 7) is 6.28. The maximum atomic E-state index is 11.8. The van der Waals surface area contributed by atoms with E-state index in [9.17, 15) is 4.79 Å².